The van der Waals surface area contributed by atoms with Crippen LogP contribution in [0.5, 0.6) is 0 Å². The van der Waals surface area contributed by atoms with Gasteiger partial charge in [0.15, 0.2) is 15.6 Å². The molecular weight excluding hydrogens is 260 g/mol. The first-order chi connectivity index (χ1) is 8.75. The van der Waals surface area contributed by atoms with E-state index in [9.17, 15) is 13.2 Å². The van der Waals surface area contributed by atoms with Crippen LogP contribution < -0.4 is 0 Å². The lowest BCUT2D eigenvalue weighted by Gasteiger charge is -2.10. The number of benzene rings is 1. The van der Waals surface area contributed by atoms with E-state index in [4.69, 9.17) is 0 Å². The molecule has 0 spiro atoms. The van der Waals surface area contributed by atoms with Gasteiger partial charge in [-0.15, -0.1) is 0 Å². The lowest BCUT2D eigenvalue weighted by molar-refractivity contribution is 0.102. The molecule has 0 radical (unpaired) electrons. The Hall–Kier alpha value is -1.16. The average molecular weight is 282 g/mol. The minimum absolute atomic E-state index is 0.0834. The molecule has 0 saturated heterocycles. The van der Waals surface area contributed by atoms with E-state index in [-0.39, 0.29) is 23.2 Å². The van der Waals surface area contributed by atoms with Crippen molar-refractivity contribution in [2.75, 3.05) is 11.5 Å². The molecular formula is C15H22O3S. The topological polar surface area (TPSA) is 51.2 Å². The van der Waals surface area contributed by atoms with Crippen LogP contribution in [0.25, 0.3) is 0 Å². The molecule has 1 aromatic carbocycles. The summed E-state index contributed by atoms with van der Waals surface area (Å²) in [5, 5.41) is 0. The van der Waals surface area contributed by atoms with Crippen molar-refractivity contribution in [3.05, 3.63) is 34.9 Å². The van der Waals surface area contributed by atoms with Crippen LogP contribution in [0.15, 0.2) is 18.2 Å². The molecule has 0 saturated carbocycles. The molecule has 1 aromatic rings. The number of carbonyl (C=O) groups excluding carboxylic acids is 1. The van der Waals surface area contributed by atoms with Gasteiger partial charge in [-0.25, -0.2) is 8.42 Å². The number of rotatable bonds is 6. The zero-order valence-electron chi connectivity index (χ0n) is 12.1. The first kappa shape index (κ1) is 15.9. The first-order valence-electron chi connectivity index (χ1n) is 6.56. The third kappa shape index (κ3) is 4.78. The van der Waals surface area contributed by atoms with Crippen LogP contribution in [0.4, 0.5) is 0 Å². The Bertz CT molecular complexity index is 559. The van der Waals surface area contributed by atoms with Crippen LogP contribution in [0, 0.1) is 19.8 Å². The fraction of sp³-hybridized carbons (Fsp3) is 0.533. The number of sulfone groups is 1. The highest BCUT2D eigenvalue weighted by atomic mass is 32.2. The lowest BCUT2D eigenvalue weighted by Crippen LogP contribution is -2.23. The number of Topliss-reactive ketones (excluding diaryl/α,β-unsaturated/α-hetero) is 1. The van der Waals surface area contributed by atoms with Gasteiger partial charge < -0.3 is 0 Å². The number of carbonyl (C=O) groups is 1. The molecule has 106 valence electrons. The highest BCUT2D eigenvalue weighted by Crippen LogP contribution is 2.14. The molecule has 1 atom stereocenters. The molecule has 0 amide bonds. The zero-order valence-corrected chi connectivity index (χ0v) is 12.9. The molecule has 0 heterocycles. The predicted octanol–water partition coefficient (Wildman–Crippen LogP) is 2.95. The number of aryl methyl sites for hydroxylation is 2. The Morgan fingerprint density at radius 2 is 1.89 bits per heavy atom. The molecule has 1 unspecified atom stereocenters. The molecule has 4 heteroatoms. The van der Waals surface area contributed by atoms with E-state index in [0.717, 1.165) is 17.5 Å². The fourth-order valence-corrected chi connectivity index (χ4v) is 3.70. The van der Waals surface area contributed by atoms with Crippen LogP contribution in [-0.2, 0) is 9.84 Å². The molecule has 3 nitrogen and oxygen atoms in total. The summed E-state index contributed by atoms with van der Waals surface area (Å²) >= 11 is 0. The second-order valence-corrected chi connectivity index (χ2v) is 7.42. The van der Waals surface area contributed by atoms with E-state index < -0.39 is 9.84 Å². The van der Waals surface area contributed by atoms with Gasteiger partial charge in [-0.2, -0.15) is 0 Å². The van der Waals surface area contributed by atoms with Crippen molar-refractivity contribution in [3.8, 4) is 0 Å². The maximum Gasteiger partial charge on any atom is 0.178 e. The summed E-state index contributed by atoms with van der Waals surface area (Å²) in [7, 11) is -3.32. The SMILES string of the molecule is CCC(C)CS(=O)(=O)CC(=O)c1cc(C)ccc1C. The molecule has 0 aliphatic carbocycles. The van der Waals surface area contributed by atoms with Gasteiger partial charge in [0.2, 0.25) is 0 Å². The van der Waals surface area contributed by atoms with E-state index in [2.05, 4.69) is 0 Å². The molecule has 0 aromatic heterocycles. The summed E-state index contributed by atoms with van der Waals surface area (Å²) in [4.78, 5) is 12.1. The van der Waals surface area contributed by atoms with Gasteiger partial charge in [0.25, 0.3) is 0 Å². The zero-order chi connectivity index (χ0) is 14.6. The molecule has 0 aliphatic heterocycles. The Morgan fingerprint density at radius 1 is 1.26 bits per heavy atom. The second kappa shape index (κ2) is 6.33. The van der Waals surface area contributed by atoms with Crippen molar-refractivity contribution in [2.45, 2.75) is 34.1 Å². The van der Waals surface area contributed by atoms with E-state index in [1.165, 1.54) is 0 Å². The van der Waals surface area contributed by atoms with Gasteiger partial charge >= 0.3 is 0 Å². The molecule has 0 bridgehead atoms. The van der Waals surface area contributed by atoms with Crippen molar-refractivity contribution in [1.29, 1.82) is 0 Å². The molecule has 1 rings (SSSR count). The quantitative estimate of drug-likeness (QED) is 0.754. The van der Waals surface area contributed by atoms with Crippen molar-refractivity contribution in [3.63, 3.8) is 0 Å². The van der Waals surface area contributed by atoms with Crippen LogP contribution in [0.1, 0.15) is 41.8 Å². The third-order valence-electron chi connectivity index (χ3n) is 3.28. The fourth-order valence-electron chi connectivity index (χ4n) is 1.92. The Labute approximate surface area is 116 Å². The van der Waals surface area contributed by atoms with Gasteiger partial charge in [0.05, 0.1) is 5.75 Å². The van der Waals surface area contributed by atoms with E-state index >= 15 is 0 Å². The largest absolute Gasteiger partial charge is 0.293 e. The van der Waals surface area contributed by atoms with Gasteiger partial charge in [-0.05, 0) is 31.4 Å². The number of hydrogen-bond acceptors (Lipinski definition) is 3. The maximum absolute atomic E-state index is 12.1. The van der Waals surface area contributed by atoms with E-state index in [0.29, 0.717) is 5.56 Å². The summed E-state index contributed by atoms with van der Waals surface area (Å²) in [5.74, 6) is -0.511. The smallest absolute Gasteiger partial charge is 0.178 e. The van der Waals surface area contributed by atoms with E-state index in [1.807, 2.05) is 39.8 Å². The Morgan fingerprint density at radius 3 is 2.47 bits per heavy atom. The molecule has 0 N–H and O–H groups in total. The summed E-state index contributed by atoms with van der Waals surface area (Å²) < 4.78 is 23.9. The third-order valence-corrected chi connectivity index (χ3v) is 5.06. The molecule has 19 heavy (non-hydrogen) atoms. The normalized spacial score (nSPS) is 13.3. The monoisotopic (exact) mass is 282 g/mol. The second-order valence-electron chi connectivity index (χ2n) is 5.31. The van der Waals surface area contributed by atoms with Crippen molar-refractivity contribution >= 4 is 15.6 Å². The van der Waals surface area contributed by atoms with Crippen LogP contribution in [0.2, 0.25) is 0 Å². The minimum Gasteiger partial charge on any atom is -0.293 e. The summed E-state index contributed by atoms with van der Waals surface area (Å²) in [6, 6.07) is 5.53. The highest BCUT2D eigenvalue weighted by Gasteiger charge is 2.21. The lowest BCUT2D eigenvalue weighted by atomic mass is 10.0. The standard InChI is InChI=1S/C15H22O3S/c1-5-11(2)9-19(17,18)10-15(16)14-8-12(3)6-7-13(14)4/h6-8,11H,5,9-10H2,1-4H3. The van der Waals surface area contributed by atoms with Crippen LogP contribution >= 0.6 is 0 Å². The Kier molecular flexibility index (Phi) is 5.29. The summed E-state index contributed by atoms with van der Waals surface area (Å²) in [6.07, 6.45) is 0.802. The Balaban J connectivity index is 2.88. The summed E-state index contributed by atoms with van der Waals surface area (Å²) in [5.41, 5.74) is 2.32. The van der Waals surface area contributed by atoms with Gasteiger partial charge in [-0.3, -0.25) is 4.79 Å². The van der Waals surface area contributed by atoms with Crippen molar-refractivity contribution in [2.24, 2.45) is 5.92 Å². The predicted molar refractivity (Wildman–Crippen MR) is 78.4 cm³/mol. The average Bonchev–Trinajstić information content (AvgIpc) is 2.30. The summed E-state index contributed by atoms with van der Waals surface area (Å²) in [6.45, 7) is 7.56. The van der Waals surface area contributed by atoms with Crippen molar-refractivity contribution in [1.82, 2.24) is 0 Å². The van der Waals surface area contributed by atoms with Gasteiger partial charge in [0.1, 0.15) is 5.75 Å². The molecule has 0 aliphatic rings. The highest BCUT2D eigenvalue weighted by molar-refractivity contribution is 7.92. The van der Waals surface area contributed by atoms with Crippen molar-refractivity contribution < 1.29 is 13.2 Å². The van der Waals surface area contributed by atoms with E-state index in [1.54, 1.807) is 6.07 Å². The molecule has 0 fully saturated rings. The van der Waals surface area contributed by atoms with Gasteiger partial charge in [-0.1, -0.05) is 38.0 Å². The number of hydrogen-bond donors (Lipinski definition) is 0. The first-order valence-corrected chi connectivity index (χ1v) is 8.38. The maximum atomic E-state index is 12.1. The van der Waals surface area contributed by atoms with Crippen LogP contribution in [-0.4, -0.2) is 25.7 Å². The van der Waals surface area contributed by atoms with Gasteiger partial charge in [0, 0.05) is 5.56 Å². The van der Waals surface area contributed by atoms with Crippen LogP contribution in [0.3, 0.4) is 0 Å². The minimum atomic E-state index is -3.32. The number of ketones is 1.